The first-order chi connectivity index (χ1) is 10.7. The Labute approximate surface area is 132 Å². The summed E-state index contributed by atoms with van der Waals surface area (Å²) in [7, 11) is 0. The molecule has 22 heavy (non-hydrogen) atoms. The van der Waals surface area contributed by atoms with E-state index in [-0.39, 0.29) is 0 Å². The van der Waals surface area contributed by atoms with Crippen LogP contribution in [0.5, 0.6) is 0 Å². The Kier molecular flexibility index (Phi) is 4.30. The van der Waals surface area contributed by atoms with Crippen molar-refractivity contribution in [3.8, 4) is 0 Å². The molecule has 3 aromatic rings. The van der Waals surface area contributed by atoms with E-state index in [9.17, 15) is 0 Å². The zero-order valence-corrected chi connectivity index (χ0v) is 13.6. The first-order valence-electron chi connectivity index (χ1n) is 8.03. The third-order valence-corrected chi connectivity index (χ3v) is 4.28. The van der Waals surface area contributed by atoms with Crippen LogP contribution in [0.4, 0.5) is 0 Å². The second kappa shape index (κ2) is 6.37. The molecular weight excluding hydrogens is 268 g/mol. The molecule has 1 atom stereocenters. The van der Waals surface area contributed by atoms with Gasteiger partial charge in [0.05, 0.1) is 0 Å². The zero-order chi connectivity index (χ0) is 15.5. The molecule has 114 valence electrons. The minimum Gasteiger partial charge on any atom is -0.345 e. The van der Waals surface area contributed by atoms with Crippen LogP contribution < -0.4 is 5.32 Å². The van der Waals surface area contributed by atoms with E-state index in [2.05, 4.69) is 91.4 Å². The van der Waals surface area contributed by atoms with Crippen molar-refractivity contribution in [2.24, 2.45) is 0 Å². The summed E-state index contributed by atoms with van der Waals surface area (Å²) in [4.78, 5) is 0. The Hall–Kier alpha value is -2.06. The van der Waals surface area contributed by atoms with Gasteiger partial charge in [-0.3, -0.25) is 0 Å². The van der Waals surface area contributed by atoms with Crippen LogP contribution in [0.2, 0.25) is 0 Å². The van der Waals surface area contributed by atoms with Crippen LogP contribution in [0.15, 0.2) is 60.8 Å². The molecule has 0 spiro atoms. The molecule has 2 aromatic carbocycles. The molecule has 1 heterocycles. The lowest BCUT2D eigenvalue weighted by Gasteiger charge is -2.13. The Balaban J connectivity index is 1.82. The third-order valence-electron chi connectivity index (χ3n) is 4.28. The predicted molar refractivity (Wildman–Crippen MR) is 94.0 cm³/mol. The number of para-hydroxylation sites is 1. The van der Waals surface area contributed by atoms with E-state index in [0.717, 1.165) is 6.54 Å². The molecule has 2 heteroatoms. The van der Waals surface area contributed by atoms with Crippen LogP contribution in [0.1, 0.15) is 44.0 Å². The van der Waals surface area contributed by atoms with Gasteiger partial charge in [0.2, 0.25) is 0 Å². The molecule has 3 rings (SSSR count). The Bertz CT molecular complexity index is 741. The monoisotopic (exact) mass is 292 g/mol. The smallest absolute Gasteiger partial charge is 0.0486 e. The van der Waals surface area contributed by atoms with Crippen LogP contribution >= 0.6 is 0 Å². The molecule has 0 amide bonds. The number of aromatic nitrogens is 1. The molecule has 0 radical (unpaired) electrons. The summed E-state index contributed by atoms with van der Waals surface area (Å²) in [5, 5.41) is 5.00. The minimum atomic E-state index is 0.349. The maximum absolute atomic E-state index is 3.65. The van der Waals surface area contributed by atoms with Gasteiger partial charge in [-0.15, -0.1) is 0 Å². The summed E-state index contributed by atoms with van der Waals surface area (Å²) in [5.74, 6) is 0. The summed E-state index contributed by atoms with van der Waals surface area (Å²) >= 11 is 0. The summed E-state index contributed by atoms with van der Waals surface area (Å²) < 4.78 is 2.36. The Morgan fingerprint density at radius 3 is 2.32 bits per heavy atom. The van der Waals surface area contributed by atoms with E-state index in [1.54, 1.807) is 0 Å². The van der Waals surface area contributed by atoms with Crippen LogP contribution in [0.3, 0.4) is 0 Å². The quantitative estimate of drug-likeness (QED) is 0.694. The number of hydrogen-bond donors (Lipinski definition) is 1. The fourth-order valence-electron chi connectivity index (χ4n) is 2.97. The molecule has 0 aliphatic rings. The molecule has 0 saturated carbocycles. The SMILES string of the molecule is CC(C)n1cc(CN[C@H](C)c2ccccc2)c2ccccc21. The number of nitrogens with zero attached hydrogens (tertiary/aromatic N) is 1. The lowest BCUT2D eigenvalue weighted by atomic mass is 10.1. The van der Waals surface area contributed by atoms with Gasteiger partial charge >= 0.3 is 0 Å². The van der Waals surface area contributed by atoms with Crippen LogP contribution in [0.25, 0.3) is 10.9 Å². The average molecular weight is 292 g/mol. The van der Waals surface area contributed by atoms with Crippen molar-refractivity contribution in [3.63, 3.8) is 0 Å². The van der Waals surface area contributed by atoms with E-state index in [0.29, 0.717) is 12.1 Å². The highest BCUT2D eigenvalue weighted by Gasteiger charge is 2.11. The average Bonchev–Trinajstić information content (AvgIpc) is 2.92. The Morgan fingerprint density at radius 2 is 1.59 bits per heavy atom. The molecule has 0 bridgehead atoms. The maximum atomic E-state index is 3.65. The highest BCUT2D eigenvalue weighted by atomic mass is 15.0. The van der Waals surface area contributed by atoms with Crippen molar-refractivity contribution in [3.05, 3.63) is 71.9 Å². The van der Waals surface area contributed by atoms with E-state index in [1.807, 2.05) is 0 Å². The van der Waals surface area contributed by atoms with Crippen LogP contribution in [0, 0.1) is 0 Å². The maximum Gasteiger partial charge on any atom is 0.0486 e. The molecule has 1 N–H and O–H groups in total. The first kappa shape index (κ1) is 14.9. The molecule has 2 nitrogen and oxygen atoms in total. The summed E-state index contributed by atoms with van der Waals surface area (Å²) in [6.07, 6.45) is 2.29. The van der Waals surface area contributed by atoms with E-state index in [4.69, 9.17) is 0 Å². The number of nitrogens with one attached hydrogen (secondary N) is 1. The summed E-state index contributed by atoms with van der Waals surface area (Å²) in [6, 6.07) is 20.1. The molecule has 0 unspecified atom stereocenters. The van der Waals surface area contributed by atoms with Crippen LogP contribution in [-0.4, -0.2) is 4.57 Å². The minimum absolute atomic E-state index is 0.349. The van der Waals surface area contributed by atoms with Gasteiger partial charge < -0.3 is 9.88 Å². The molecule has 0 aliphatic heterocycles. The van der Waals surface area contributed by atoms with Crippen molar-refractivity contribution < 1.29 is 0 Å². The van der Waals surface area contributed by atoms with Crippen molar-refractivity contribution in [2.45, 2.75) is 39.4 Å². The summed E-state index contributed by atoms with van der Waals surface area (Å²) in [5.41, 5.74) is 4.02. The highest BCUT2D eigenvalue weighted by molar-refractivity contribution is 5.84. The van der Waals surface area contributed by atoms with Gasteiger partial charge in [0.25, 0.3) is 0 Å². The molecule has 0 saturated heterocycles. The van der Waals surface area contributed by atoms with Gasteiger partial charge in [-0.05, 0) is 38.0 Å². The molecule has 0 aliphatic carbocycles. The molecular formula is C20H24N2. The Morgan fingerprint density at radius 1 is 0.909 bits per heavy atom. The van der Waals surface area contributed by atoms with Gasteiger partial charge in [0.15, 0.2) is 0 Å². The van der Waals surface area contributed by atoms with E-state index in [1.165, 1.54) is 22.0 Å². The fraction of sp³-hybridized carbons (Fsp3) is 0.300. The molecule has 1 aromatic heterocycles. The zero-order valence-electron chi connectivity index (χ0n) is 13.6. The summed E-state index contributed by atoms with van der Waals surface area (Å²) in [6.45, 7) is 7.57. The second-order valence-corrected chi connectivity index (χ2v) is 6.19. The predicted octanol–water partition coefficient (Wildman–Crippen LogP) is 5.07. The van der Waals surface area contributed by atoms with E-state index >= 15 is 0 Å². The van der Waals surface area contributed by atoms with Gasteiger partial charge in [-0.2, -0.15) is 0 Å². The van der Waals surface area contributed by atoms with Crippen molar-refractivity contribution in [2.75, 3.05) is 0 Å². The fourth-order valence-corrected chi connectivity index (χ4v) is 2.97. The third kappa shape index (κ3) is 2.93. The molecule has 0 fully saturated rings. The number of hydrogen-bond acceptors (Lipinski definition) is 1. The van der Waals surface area contributed by atoms with Crippen molar-refractivity contribution in [1.29, 1.82) is 0 Å². The normalized spacial score (nSPS) is 12.9. The van der Waals surface area contributed by atoms with Crippen molar-refractivity contribution >= 4 is 10.9 Å². The number of benzene rings is 2. The van der Waals surface area contributed by atoms with Gasteiger partial charge in [0.1, 0.15) is 0 Å². The van der Waals surface area contributed by atoms with Gasteiger partial charge in [-0.25, -0.2) is 0 Å². The lowest BCUT2D eigenvalue weighted by Crippen LogP contribution is -2.17. The number of rotatable bonds is 5. The van der Waals surface area contributed by atoms with Gasteiger partial charge in [-0.1, -0.05) is 48.5 Å². The van der Waals surface area contributed by atoms with E-state index < -0.39 is 0 Å². The standard InChI is InChI=1S/C20H24N2/c1-15(2)22-14-18(19-11-7-8-12-20(19)22)13-21-16(3)17-9-5-4-6-10-17/h4-12,14-16,21H,13H2,1-3H3/t16-/m1/s1. The largest absolute Gasteiger partial charge is 0.345 e. The number of fused-ring (bicyclic) bond motifs is 1. The first-order valence-corrected chi connectivity index (χ1v) is 8.03. The van der Waals surface area contributed by atoms with Crippen LogP contribution in [-0.2, 0) is 6.54 Å². The van der Waals surface area contributed by atoms with Gasteiger partial charge in [0, 0.05) is 35.7 Å². The second-order valence-electron chi connectivity index (χ2n) is 6.19. The highest BCUT2D eigenvalue weighted by Crippen LogP contribution is 2.25. The lowest BCUT2D eigenvalue weighted by molar-refractivity contribution is 0.571. The van der Waals surface area contributed by atoms with Crippen molar-refractivity contribution in [1.82, 2.24) is 9.88 Å². The topological polar surface area (TPSA) is 17.0 Å².